The highest BCUT2D eigenvalue weighted by atomic mass is 16.5. The molecule has 5 heteroatoms. The molecule has 1 aromatic carbocycles. The molecule has 0 aliphatic carbocycles. The smallest absolute Gasteiger partial charge is 0.320 e. The standard InChI is InChI=1S/C15H16N2O3/c1-10-6-7-17-14(8-10)20-12-4-2-11(3-5-12)9-13(16)15(18)19/h2-8,13H,9,16H2,1H3,(H,18,19). The van der Waals surface area contributed by atoms with Crippen LogP contribution in [0, 0.1) is 6.92 Å². The number of carboxylic acids is 1. The van der Waals surface area contributed by atoms with Gasteiger partial charge in [0.2, 0.25) is 5.88 Å². The molecule has 0 spiro atoms. The van der Waals surface area contributed by atoms with E-state index >= 15 is 0 Å². The predicted molar refractivity (Wildman–Crippen MR) is 74.8 cm³/mol. The molecule has 0 saturated carbocycles. The van der Waals surface area contributed by atoms with Gasteiger partial charge in [-0.3, -0.25) is 4.79 Å². The SMILES string of the molecule is Cc1ccnc(Oc2ccc(CC(N)C(=O)O)cc2)c1. The van der Waals surface area contributed by atoms with Crippen LogP contribution >= 0.6 is 0 Å². The molecule has 1 atom stereocenters. The summed E-state index contributed by atoms with van der Waals surface area (Å²) < 4.78 is 5.61. The lowest BCUT2D eigenvalue weighted by molar-refractivity contribution is -0.138. The Hall–Kier alpha value is -2.40. The van der Waals surface area contributed by atoms with Crippen LogP contribution in [0.25, 0.3) is 0 Å². The number of hydrogen-bond acceptors (Lipinski definition) is 4. The number of aliphatic carboxylic acids is 1. The lowest BCUT2D eigenvalue weighted by atomic mass is 10.1. The number of benzene rings is 1. The molecule has 0 amide bonds. The second-order valence-corrected chi connectivity index (χ2v) is 4.57. The maximum absolute atomic E-state index is 10.7. The van der Waals surface area contributed by atoms with Crippen LogP contribution in [-0.4, -0.2) is 22.1 Å². The Morgan fingerprint density at radius 1 is 1.35 bits per heavy atom. The number of nitrogens with zero attached hydrogens (tertiary/aromatic N) is 1. The minimum atomic E-state index is -1.01. The van der Waals surface area contributed by atoms with Crippen LogP contribution in [0.15, 0.2) is 42.6 Å². The summed E-state index contributed by atoms with van der Waals surface area (Å²) in [6, 6.07) is 9.99. The van der Waals surface area contributed by atoms with Crippen LogP contribution in [0.3, 0.4) is 0 Å². The number of pyridine rings is 1. The molecule has 20 heavy (non-hydrogen) atoms. The summed E-state index contributed by atoms with van der Waals surface area (Å²) in [6.45, 7) is 1.96. The van der Waals surface area contributed by atoms with Crippen molar-refractivity contribution in [2.24, 2.45) is 5.73 Å². The third-order valence-corrected chi connectivity index (χ3v) is 2.81. The van der Waals surface area contributed by atoms with Crippen molar-refractivity contribution in [1.82, 2.24) is 4.98 Å². The van der Waals surface area contributed by atoms with E-state index in [0.29, 0.717) is 11.6 Å². The summed E-state index contributed by atoms with van der Waals surface area (Å²) in [5.74, 6) is 0.171. The zero-order valence-electron chi connectivity index (χ0n) is 11.1. The lowest BCUT2D eigenvalue weighted by Gasteiger charge is -2.08. The van der Waals surface area contributed by atoms with Crippen LogP contribution in [0.1, 0.15) is 11.1 Å². The van der Waals surface area contributed by atoms with E-state index in [4.69, 9.17) is 15.6 Å². The van der Waals surface area contributed by atoms with Crippen LogP contribution in [0.4, 0.5) is 0 Å². The summed E-state index contributed by atoms with van der Waals surface area (Å²) in [6.07, 6.45) is 1.98. The molecule has 0 saturated heterocycles. The number of nitrogens with two attached hydrogens (primary N) is 1. The largest absolute Gasteiger partial charge is 0.480 e. The van der Waals surface area contributed by atoms with Gasteiger partial charge in [-0.1, -0.05) is 12.1 Å². The average molecular weight is 272 g/mol. The van der Waals surface area contributed by atoms with E-state index in [1.165, 1.54) is 0 Å². The summed E-state index contributed by atoms with van der Waals surface area (Å²) in [5.41, 5.74) is 7.41. The third kappa shape index (κ3) is 3.80. The number of hydrogen-bond donors (Lipinski definition) is 2. The summed E-state index contributed by atoms with van der Waals surface area (Å²) >= 11 is 0. The predicted octanol–water partition coefficient (Wildman–Crippen LogP) is 2.14. The van der Waals surface area contributed by atoms with Gasteiger partial charge in [0.15, 0.2) is 0 Å². The molecule has 1 heterocycles. The van der Waals surface area contributed by atoms with Gasteiger partial charge in [-0.15, -0.1) is 0 Å². The van der Waals surface area contributed by atoms with Gasteiger partial charge >= 0.3 is 5.97 Å². The molecule has 2 aromatic rings. The molecule has 5 nitrogen and oxygen atoms in total. The van der Waals surface area contributed by atoms with Gasteiger partial charge in [0.25, 0.3) is 0 Å². The van der Waals surface area contributed by atoms with Crippen molar-refractivity contribution < 1.29 is 14.6 Å². The van der Waals surface area contributed by atoms with Gasteiger partial charge < -0.3 is 15.6 Å². The van der Waals surface area contributed by atoms with Crippen LogP contribution in [-0.2, 0) is 11.2 Å². The van der Waals surface area contributed by atoms with Gasteiger partial charge in [0.1, 0.15) is 11.8 Å². The van der Waals surface area contributed by atoms with Gasteiger partial charge in [0.05, 0.1) is 0 Å². The van der Waals surface area contributed by atoms with E-state index in [0.717, 1.165) is 11.1 Å². The number of carbonyl (C=O) groups is 1. The number of aryl methyl sites for hydroxylation is 1. The molecule has 0 bridgehead atoms. The van der Waals surface area contributed by atoms with Crippen molar-refractivity contribution in [2.45, 2.75) is 19.4 Å². The first-order chi connectivity index (χ1) is 9.54. The quantitative estimate of drug-likeness (QED) is 0.871. The summed E-state index contributed by atoms with van der Waals surface area (Å²) in [5, 5.41) is 8.76. The Morgan fingerprint density at radius 3 is 2.65 bits per heavy atom. The lowest BCUT2D eigenvalue weighted by Crippen LogP contribution is -2.32. The second-order valence-electron chi connectivity index (χ2n) is 4.57. The van der Waals surface area contributed by atoms with Crippen molar-refractivity contribution in [1.29, 1.82) is 0 Å². The van der Waals surface area contributed by atoms with Crippen molar-refractivity contribution in [3.05, 3.63) is 53.7 Å². The maximum atomic E-state index is 10.7. The highest BCUT2D eigenvalue weighted by Crippen LogP contribution is 2.20. The minimum Gasteiger partial charge on any atom is -0.480 e. The fraction of sp³-hybridized carbons (Fsp3) is 0.200. The fourth-order valence-electron chi connectivity index (χ4n) is 1.72. The van der Waals surface area contributed by atoms with Crippen molar-refractivity contribution >= 4 is 5.97 Å². The molecular formula is C15H16N2O3. The number of rotatable bonds is 5. The molecule has 3 N–H and O–H groups in total. The Labute approximate surface area is 117 Å². The van der Waals surface area contributed by atoms with Crippen molar-refractivity contribution in [2.75, 3.05) is 0 Å². The molecule has 2 rings (SSSR count). The highest BCUT2D eigenvalue weighted by molar-refractivity contribution is 5.73. The normalized spacial score (nSPS) is 11.9. The first-order valence-corrected chi connectivity index (χ1v) is 6.22. The Kier molecular flexibility index (Phi) is 4.32. The molecule has 1 aromatic heterocycles. The summed E-state index contributed by atoms with van der Waals surface area (Å²) in [7, 11) is 0. The molecule has 1 unspecified atom stereocenters. The van der Waals surface area contributed by atoms with Crippen LogP contribution < -0.4 is 10.5 Å². The number of ether oxygens (including phenoxy) is 1. The molecule has 0 aliphatic rings. The molecule has 0 aliphatic heterocycles. The third-order valence-electron chi connectivity index (χ3n) is 2.81. The van der Waals surface area contributed by atoms with Gasteiger partial charge in [-0.25, -0.2) is 4.98 Å². The van der Waals surface area contributed by atoms with E-state index in [9.17, 15) is 4.79 Å². The van der Waals surface area contributed by atoms with E-state index in [2.05, 4.69) is 4.98 Å². The van der Waals surface area contributed by atoms with Gasteiger partial charge in [0, 0.05) is 12.3 Å². The van der Waals surface area contributed by atoms with Crippen molar-refractivity contribution in [3.8, 4) is 11.6 Å². The van der Waals surface area contributed by atoms with Crippen molar-refractivity contribution in [3.63, 3.8) is 0 Å². The Morgan fingerprint density at radius 2 is 2.05 bits per heavy atom. The minimum absolute atomic E-state index is 0.290. The molecule has 0 fully saturated rings. The van der Waals surface area contributed by atoms with E-state index in [1.807, 2.05) is 19.1 Å². The second kappa shape index (κ2) is 6.16. The Bertz CT molecular complexity index is 596. The topological polar surface area (TPSA) is 85.4 Å². The van der Waals surface area contributed by atoms with E-state index in [1.54, 1.807) is 30.5 Å². The van der Waals surface area contributed by atoms with E-state index in [-0.39, 0.29) is 6.42 Å². The fourth-order valence-corrected chi connectivity index (χ4v) is 1.72. The maximum Gasteiger partial charge on any atom is 0.320 e. The first-order valence-electron chi connectivity index (χ1n) is 6.22. The van der Waals surface area contributed by atoms with E-state index < -0.39 is 12.0 Å². The Balaban J connectivity index is 2.03. The summed E-state index contributed by atoms with van der Waals surface area (Å²) in [4.78, 5) is 14.8. The average Bonchev–Trinajstić information content (AvgIpc) is 2.41. The number of carboxylic acid groups (broad SMARTS) is 1. The number of aromatic nitrogens is 1. The monoisotopic (exact) mass is 272 g/mol. The van der Waals surface area contributed by atoms with Gasteiger partial charge in [-0.05, 0) is 42.7 Å². The van der Waals surface area contributed by atoms with Crippen LogP contribution in [0.2, 0.25) is 0 Å². The van der Waals surface area contributed by atoms with Crippen LogP contribution in [0.5, 0.6) is 11.6 Å². The molecule has 104 valence electrons. The zero-order valence-corrected chi connectivity index (χ0v) is 11.1. The zero-order chi connectivity index (χ0) is 14.5. The van der Waals surface area contributed by atoms with Gasteiger partial charge in [-0.2, -0.15) is 0 Å². The molecular weight excluding hydrogens is 256 g/mol. The highest BCUT2D eigenvalue weighted by Gasteiger charge is 2.11. The first kappa shape index (κ1) is 14.0. The molecule has 0 radical (unpaired) electrons.